The summed E-state index contributed by atoms with van der Waals surface area (Å²) >= 11 is 0. The van der Waals surface area contributed by atoms with Crippen LogP contribution in [0.15, 0.2) is 18.2 Å². The van der Waals surface area contributed by atoms with Crippen LogP contribution >= 0.6 is 0 Å². The van der Waals surface area contributed by atoms with Gasteiger partial charge in [0.1, 0.15) is 11.6 Å². The molecule has 6 heteroatoms. The number of benzene rings is 1. The van der Waals surface area contributed by atoms with Crippen molar-refractivity contribution in [3.63, 3.8) is 0 Å². The second-order valence-corrected chi connectivity index (χ2v) is 7.91. The molecular formula is C20H28N4O2. The van der Waals surface area contributed by atoms with E-state index in [9.17, 15) is 4.79 Å². The lowest BCUT2D eigenvalue weighted by atomic mass is 9.85. The lowest BCUT2D eigenvalue weighted by molar-refractivity contribution is -0.118. The van der Waals surface area contributed by atoms with Crippen LogP contribution in [0.5, 0.6) is 5.75 Å². The van der Waals surface area contributed by atoms with Crippen molar-refractivity contribution in [2.75, 3.05) is 18.5 Å². The number of carbonyl (C=O) groups is 1. The number of hydrogen-bond donors (Lipinski definition) is 2. The van der Waals surface area contributed by atoms with E-state index in [1.165, 1.54) is 5.56 Å². The summed E-state index contributed by atoms with van der Waals surface area (Å²) in [4.78, 5) is 12.5. The van der Waals surface area contributed by atoms with Crippen LogP contribution in [0.25, 0.3) is 0 Å². The Balaban J connectivity index is 1.70. The van der Waals surface area contributed by atoms with Crippen molar-refractivity contribution < 1.29 is 9.53 Å². The van der Waals surface area contributed by atoms with Crippen LogP contribution in [0.3, 0.4) is 0 Å². The molecule has 2 aromatic rings. The van der Waals surface area contributed by atoms with Gasteiger partial charge in [0, 0.05) is 32.1 Å². The van der Waals surface area contributed by atoms with Crippen LogP contribution < -0.4 is 15.4 Å². The molecule has 0 bridgehead atoms. The molecule has 0 atom stereocenters. The first kappa shape index (κ1) is 18.5. The molecule has 0 radical (unpaired) electrons. The minimum Gasteiger partial charge on any atom is -0.483 e. The van der Waals surface area contributed by atoms with Gasteiger partial charge in [-0.25, -0.2) is 0 Å². The largest absolute Gasteiger partial charge is 0.483 e. The predicted molar refractivity (Wildman–Crippen MR) is 103 cm³/mol. The number of aryl methyl sites for hydroxylation is 2. The maximum absolute atomic E-state index is 12.5. The van der Waals surface area contributed by atoms with Gasteiger partial charge in [0.2, 0.25) is 0 Å². The van der Waals surface area contributed by atoms with E-state index in [-0.39, 0.29) is 17.9 Å². The third kappa shape index (κ3) is 3.90. The standard InChI is InChI=1S/C20H28N4O2/c1-13-6-7-17(15(10-13)20(2,3)4)26-12-18(25)22-19-14-11-21-9-8-16(14)23-24(19)5/h6-7,10,21H,8-9,11-12H2,1-5H3,(H,22,25). The van der Waals surface area contributed by atoms with Crippen molar-refractivity contribution in [1.82, 2.24) is 15.1 Å². The SMILES string of the molecule is Cc1ccc(OCC(=O)Nc2c3c(nn2C)CCNC3)c(C(C)(C)C)c1. The smallest absolute Gasteiger partial charge is 0.263 e. The van der Waals surface area contributed by atoms with Gasteiger partial charge in [-0.05, 0) is 24.0 Å². The monoisotopic (exact) mass is 356 g/mol. The summed E-state index contributed by atoms with van der Waals surface area (Å²) < 4.78 is 7.59. The van der Waals surface area contributed by atoms with Gasteiger partial charge in [0.25, 0.3) is 5.91 Å². The first-order valence-electron chi connectivity index (χ1n) is 9.05. The Bertz CT molecular complexity index is 818. The normalized spacial score (nSPS) is 14.0. The molecule has 6 nitrogen and oxygen atoms in total. The van der Waals surface area contributed by atoms with Crippen molar-refractivity contribution in [3.8, 4) is 5.75 Å². The van der Waals surface area contributed by atoms with Crippen LogP contribution in [-0.4, -0.2) is 28.8 Å². The maximum atomic E-state index is 12.5. The third-order valence-electron chi connectivity index (χ3n) is 4.63. The topological polar surface area (TPSA) is 68.2 Å². The average Bonchev–Trinajstić information content (AvgIpc) is 2.88. The summed E-state index contributed by atoms with van der Waals surface area (Å²) in [6, 6.07) is 6.07. The van der Waals surface area contributed by atoms with E-state index in [0.717, 1.165) is 47.9 Å². The molecule has 0 unspecified atom stereocenters. The molecule has 1 aliphatic heterocycles. The fourth-order valence-corrected chi connectivity index (χ4v) is 3.25. The van der Waals surface area contributed by atoms with Crippen LogP contribution in [0.2, 0.25) is 0 Å². The zero-order valence-corrected chi connectivity index (χ0v) is 16.3. The third-order valence-corrected chi connectivity index (χ3v) is 4.63. The minimum absolute atomic E-state index is 0.0283. The molecule has 0 aliphatic carbocycles. The van der Waals surface area contributed by atoms with Gasteiger partial charge in [0.15, 0.2) is 6.61 Å². The second kappa shape index (κ2) is 7.11. The molecule has 140 valence electrons. The molecule has 1 aliphatic rings. The number of amides is 1. The Labute approximate surface area is 154 Å². The molecule has 0 saturated carbocycles. The van der Waals surface area contributed by atoms with Gasteiger partial charge in [0.05, 0.1) is 5.69 Å². The van der Waals surface area contributed by atoms with E-state index in [2.05, 4.69) is 49.5 Å². The highest BCUT2D eigenvalue weighted by Gasteiger charge is 2.22. The number of nitrogens with one attached hydrogen (secondary N) is 2. The van der Waals surface area contributed by atoms with E-state index < -0.39 is 0 Å². The molecular weight excluding hydrogens is 328 g/mol. The number of aromatic nitrogens is 2. The molecule has 0 fully saturated rings. The quantitative estimate of drug-likeness (QED) is 0.884. The lowest BCUT2D eigenvalue weighted by Gasteiger charge is -2.23. The minimum atomic E-state index is -0.179. The molecule has 1 aromatic carbocycles. The second-order valence-electron chi connectivity index (χ2n) is 7.91. The number of hydrogen-bond acceptors (Lipinski definition) is 4. The molecule has 3 rings (SSSR count). The van der Waals surface area contributed by atoms with Crippen molar-refractivity contribution >= 4 is 11.7 Å². The van der Waals surface area contributed by atoms with Crippen molar-refractivity contribution in [2.45, 2.75) is 46.1 Å². The summed E-state index contributed by atoms with van der Waals surface area (Å²) in [7, 11) is 1.85. The fraction of sp³-hybridized carbons (Fsp3) is 0.500. The van der Waals surface area contributed by atoms with Crippen LogP contribution in [0, 0.1) is 6.92 Å². The van der Waals surface area contributed by atoms with Crippen molar-refractivity contribution in [2.24, 2.45) is 7.05 Å². The lowest BCUT2D eigenvalue weighted by Crippen LogP contribution is -2.26. The van der Waals surface area contributed by atoms with E-state index in [1.807, 2.05) is 19.2 Å². The summed E-state index contributed by atoms with van der Waals surface area (Å²) in [5.41, 5.74) is 4.35. The molecule has 2 heterocycles. The predicted octanol–water partition coefficient (Wildman–Crippen LogP) is 2.69. The number of fused-ring (bicyclic) bond motifs is 1. The Kier molecular flexibility index (Phi) is 5.05. The zero-order chi connectivity index (χ0) is 18.9. The van der Waals surface area contributed by atoms with E-state index in [4.69, 9.17) is 4.74 Å². The van der Waals surface area contributed by atoms with Crippen LogP contribution in [-0.2, 0) is 30.2 Å². The van der Waals surface area contributed by atoms with E-state index in [0.29, 0.717) is 0 Å². The number of nitrogens with zero attached hydrogens (tertiary/aromatic N) is 2. The van der Waals surface area contributed by atoms with Gasteiger partial charge in [-0.3, -0.25) is 9.48 Å². The highest BCUT2D eigenvalue weighted by molar-refractivity contribution is 5.92. The van der Waals surface area contributed by atoms with Gasteiger partial charge < -0.3 is 15.4 Å². The molecule has 2 N–H and O–H groups in total. The first-order chi connectivity index (χ1) is 12.3. The van der Waals surface area contributed by atoms with E-state index >= 15 is 0 Å². The molecule has 0 saturated heterocycles. The number of ether oxygens (including phenoxy) is 1. The number of anilines is 1. The molecule has 0 spiro atoms. The summed E-state index contributed by atoms with van der Waals surface area (Å²) in [5.74, 6) is 1.33. The Morgan fingerprint density at radius 3 is 2.88 bits per heavy atom. The van der Waals surface area contributed by atoms with Gasteiger partial charge in [-0.15, -0.1) is 0 Å². The Hall–Kier alpha value is -2.34. The van der Waals surface area contributed by atoms with E-state index in [1.54, 1.807) is 4.68 Å². The molecule has 26 heavy (non-hydrogen) atoms. The van der Waals surface area contributed by atoms with Crippen molar-refractivity contribution in [1.29, 1.82) is 0 Å². The maximum Gasteiger partial charge on any atom is 0.263 e. The van der Waals surface area contributed by atoms with Gasteiger partial charge in [-0.2, -0.15) is 5.10 Å². The van der Waals surface area contributed by atoms with Gasteiger partial charge >= 0.3 is 0 Å². The average molecular weight is 356 g/mol. The summed E-state index contributed by atoms with van der Waals surface area (Å²) in [6.45, 7) is 10.1. The van der Waals surface area contributed by atoms with Crippen LogP contribution in [0.4, 0.5) is 5.82 Å². The van der Waals surface area contributed by atoms with Gasteiger partial charge in [-0.1, -0.05) is 38.5 Å². The van der Waals surface area contributed by atoms with Crippen LogP contribution in [0.1, 0.15) is 43.2 Å². The highest BCUT2D eigenvalue weighted by Crippen LogP contribution is 2.32. The summed E-state index contributed by atoms with van der Waals surface area (Å²) in [6.07, 6.45) is 0.883. The van der Waals surface area contributed by atoms with Crippen molar-refractivity contribution in [3.05, 3.63) is 40.6 Å². The Morgan fingerprint density at radius 1 is 1.38 bits per heavy atom. The first-order valence-corrected chi connectivity index (χ1v) is 9.05. The molecule has 1 amide bonds. The highest BCUT2D eigenvalue weighted by atomic mass is 16.5. The zero-order valence-electron chi connectivity index (χ0n) is 16.3. The molecule has 1 aromatic heterocycles. The Morgan fingerprint density at radius 2 is 2.15 bits per heavy atom. The fourth-order valence-electron chi connectivity index (χ4n) is 3.25. The number of carbonyl (C=O) groups excluding carboxylic acids is 1. The number of rotatable bonds is 4. The summed E-state index contributed by atoms with van der Waals surface area (Å²) in [5, 5.41) is 10.8.